The van der Waals surface area contributed by atoms with Gasteiger partial charge in [0.05, 0.1) is 6.73 Å². The second-order valence-corrected chi connectivity index (χ2v) is 3.75. The van der Waals surface area contributed by atoms with Crippen LogP contribution in [0, 0.1) is 0 Å². The summed E-state index contributed by atoms with van der Waals surface area (Å²) in [5.74, 6) is 0. The van der Waals surface area contributed by atoms with E-state index >= 15 is 0 Å². The van der Waals surface area contributed by atoms with Gasteiger partial charge in [0.2, 0.25) is 0 Å². The standard InChI is InChI=1S/C10H11NOS/c12-7-11-5-8-6-13-10-4-2-1-3-9(8)10/h1-4,6,11-12H,5,7H2. The van der Waals surface area contributed by atoms with Crippen LogP contribution >= 0.6 is 11.3 Å². The average Bonchev–Trinajstić information content (AvgIpc) is 2.58. The first-order valence-corrected chi connectivity index (χ1v) is 5.06. The maximum Gasteiger partial charge on any atom is 0.0934 e. The molecule has 0 fully saturated rings. The molecule has 68 valence electrons. The average molecular weight is 193 g/mol. The molecule has 2 N–H and O–H groups in total. The van der Waals surface area contributed by atoms with E-state index in [-0.39, 0.29) is 6.73 Å². The molecule has 0 aliphatic heterocycles. The third-order valence-corrected chi connectivity index (χ3v) is 3.00. The number of thiophene rings is 1. The van der Waals surface area contributed by atoms with Crippen molar-refractivity contribution in [1.29, 1.82) is 0 Å². The third kappa shape index (κ3) is 1.72. The summed E-state index contributed by atoms with van der Waals surface area (Å²) in [6.07, 6.45) is 0. The molecule has 0 saturated carbocycles. The summed E-state index contributed by atoms with van der Waals surface area (Å²) >= 11 is 1.74. The van der Waals surface area contributed by atoms with Crippen LogP contribution in [0.25, 0.3) is 10.1 Å². The van der Waals surface area contributed by atoms with E-state index in [1.807, 2.05) is 12.1 Å². The summed E-state index contributed by atoms with van der Waals surface area (Å²) < 4.78 is 1.30. The van der Waals surface area contributed by atoms with Gasteiger partial charge in [-0.1, -0.05) is 18.2 Å². The smallest absolute Gasteiger partial charge is 0.0934 e. The fraction of sp³-hybridized carbons (Fsp3) is 0.200. The van der Waals surface area contributed by atoms with E-state index in [0.717, 1.165) is 6.54 Å². The van der Waals surface area contributed by atoms with Crippen LogP contribution in [0.15, 0.2) is 29.6 Å². The highest BCUT2D eigenvalue weighted by atomic mass is 32.1. The first-order chi connectivity index (χ1) is 6.42. The van der Waals surface area contributed by atoms with E-state index in [1.165, 1.54) is 15.6 Å². The van der Waals surface area contributed by atoms with Crippen molar-refractivity contribution in [3.05, 3.63) is 35.2 Å². The Labute approximate surface area is 80.8 Å². The second-order valence-electron chi connectivity index (χ2n) is 2.84. The number of aliphatic hydroxyl groups excluding tert-OH is 1. The van der Waals surface area contributed by atoms with Gasteiger partial charge >= 0.3 is 0 Å². The van der Waals surface area contributed by atoms with E-state index in [1.54, 1.807) is 11.3 Å². The summed E-state index contributed by atoms with van der Waals surface area (Å²) in [6, 6.07) is 8.31. The van der Waals surface area contributed by atoms with Gasteiger partial charge < -0.3 is 5.11 Å². The normalized spacial score (nSPS) is 10.8. The molecule has 1 heterocycles. The number of hydrogen-bond donors (Lipinski definition) is 2. The number of nitrogens with one attached hydrogen (secondary N) is 1. The Morgan fingerprint density at radius 1 is 1.31 bits per heavy atom. The molecule has 2 rings (SSSR count). The summed E-state index contributed by atoms with van der Waals surface area (Å²) in [5, 5.41) is 15.0. The molecule has 13 heavy (non-hydrogen) atoms. The first kappa shape index (κ1) is 8.69. The van der Waals surface area contributed by atoms with Gasteiger partial charge in [-0.3, -0.25) is 5.32 Å². The number of hydrogen-bond acceptors (Lipinski definition) is 3. The van der Waals surface area contributed by atoms with Gasteiger partial charge in [0.15, 0.2) is 0 Å². The highest BCUT2D eigenvalue weighted by molar-refractivity contribution is 7.17. The molecule has 0 atom stereocenters. The van der Waals surface area contributed by atoms with Gasteiger partial charge in [-0.15, -0.1) is 11.3 Å². The van der Waals surface area contributed by atoms with E-state index in [0.29, 0.717) is 0 Å². The minimum absolute atomic E-state index is 0.0319. The van der Waals surface area contributed by atoms with Crippen LogP contribution in [0.2, 0.25) is 0 Å². The van der Waals surface area contributed by atoms with E-state index in [2.05, 4.69) is 22.8 Å². The van der Waals surface area contributed by atoms with Crippen LogP contribution in [0.4, 0.5) is 0 Å². The number of fused-ring (bicyclic) bond motifs is 1. The summed E-state index contributed by atoms with van der Waals surface area (Å²) in [6.45, 7) is 0.769. The van der Waals surface area contributed by atoms with Crippen molar-refractivity contribution < 1.29 is 5.11 Å². The van der Waals surface area contributed by atoms with Gasteiger partial charge in [0.1, 0.15) is 0 Å². The van der Waals surface area contributed by atoms with Crippen LogP contribution < -0.4 is 5.32 Å². The Kier molecular flexibility index (Phi) is 2.59. The fourth-order valence-corrected chi connectivity index (χ4v) is 2.32. The molecule has 1 aromatic carbocycles. The van der Waals surface area contributed by atoms with E-state index in [9.17, 15) is 0 Å². The van der Waals surface area contributed by atoms with Crippen molar-refractivity contribution in [2.24, 2.45) is 0 Å². The molecule has 1 aromatic heterocycles. The largest absolute Gasteiger partial charge is 0.381 e. The number of rotatable bonds is 3. The lowest BCUT2D eigenvalue weighted by atomic mass is 10.2. The maximum atomic E-state index is 8.63. The zero-order valence-corrected chi connectivity index (χ0v) is 7.97. The Bertz CT molecular complexity index is 396. The minimum Gasteiger partial charge on any atom is -0.381 e. The lowest BCUT2D eigenvalue weighted by Crippen LogP contribution is -2.13. The van der Waals surface area contributed by atoms with Crippen LogP contribution in [0.5, 0.6) is 0 Å². The molecule has 0 amide bonds. The molecule has 0 unspecified atom stereocenters. The highest BCUT2D eigenvalue weighted by Crippen LogP contribution is 2.25. The van der Waals surface area contributed by atoms with Gasteiger partial charge in [-0.25, -0.2) is 0 Å². The number of benzene rings is 1. The molecule has 0 radical (unpaired) electrons. The Morgan fingerprint density at radius 2 is 2.15 bits per heavy atom. The summed E-state index contributed by atoms with van der Waals surface area (Å²) in [5.41, 5.74) is 1.26. The second kappa shape index (κ2) is 3.87. The quantitative estimate of drug-likeness (QED) is 0.730. The first-order valence-electron chi connectivity index (χ1n) is 4.18. The molecule has 0 saturated heterocycles. The van der Waals surface area contributed by atoms with Crippen LogP contribution in [-0.2, 0) is 6.54 Å². The topological polar surface area (TPSA) is 32.3 Å². The highest BCUT2D eigenvalue weighted by Gasteiger charge is 2.01. The Morgan fingerprint density at radius 3 is 3.00 bits per heavy atom. The van der Waals surface area contributed by atoms with Crippen LogP contribution in [0.3, 0.4) is 0 Å². The van der Waals surface area contributed by atoms with Gasteiger partial charge in [-0.2, -0.15) is 0 Å². The van der Waals surface area contributed by atoms with Crippen molar-refractivity contribution in [1.82, 2.24) is 5.32 Å². The molecule has 0 aliphatic carbocycles. The third-order valence-electron chi connectivity index (χ3n) is 1.99. The van der Waals surface area contributed by atoms with Crippen molar-refractivity contribution in [2.45, 2.75) is 6.54 Å². The molecule has 0 bridgehead atoms. The van der Waals surface area contributed by atoms with Crippen LogP contribution in [0.1, 0.15) is 5.56 Å². The van der Waals surface area contributed by atoms with Crippen molar-refractivity contribution >= 4 is 21.4 Å². The summed E-state index contributed by atoms with van der Waals surface area (Å²) in [4.78, 5) is 0. The van der Waals surface area contributed by atoms with E-state index < -0.39 is 0 Å². The summed E-state index contributed by atoms with van der Waals surface area (Å²) in [7, 11) is 0. The maximum absolute atomic E-state index is 8.63. The van der Waals surface area contributed by atoms with Gasteiger partial charge in [-0.05, 0) is 22.4 Å². The van der Waals surface area contributed by atoms with Crippen LogP contribution in [-0.4, -0.2) is 11.8 Å². The molecular weight excluding hydrogens is 182 g/mol. The molecule has 2 aromatic rings. The van der Waals surface area contributed by atoms with Gasteiger partial charge in [0, 0.05) is 11.2 Å². The molecule has 2 nitrogen and oxygen atoms in total. The molecule has 0 aliphatic rings. The van der Waals surface area contributed by atoms with Gasteiger partial charge in [0.25, 0.3) is 0 Å². The predicted octanol–water partition coefficient (Wildman–Crippen LogP) is 1.94. The molecule has 0 spiro atoms. The zero-order valence-electron chi connectivity index (χ0n) is 7.16. The predicted molar refractivity (Wildman–Crippen MR) is 55.8 cm³/mol. The molecular formula is C10H11NOS. The van der Waals surface area contributed by atoms with Crippen molar-refractivity contribution in [3.63, 3.8) is 0 Å². The Balaban J connectivity index is 2.35. The fourth-order valence-electron chi connectivity index (χ4n) is 1.36. The lowest BCUT2D eigenvalue weighted by molar-refractivity contribution is 0.259. The molecule has 3 heteroatoms. The van der Waals surface area contributed by atoms with Crippen molar-refractivity contribution in [3.8, 4) is 0 Å². The SMILES string of the molecule is OCNCc1csc2ccccc12. The minimum atomic E-state index is 0.0319. The zero-order chi connectivity index (χ0) is 9.10. The lowest BCUT2D eigenvalue weighted by Gasteiger charge is -1.98. The Hall–Kier alpha value is -0.900. The van der Waals surface area contributed by atoms with E-state index in [4.69, 9.17) is 5.11 Å². The van der Waals surface area contributed by atoms with Crippen molar-refractivity contribution in [2.75, 3.05) is 6.73 Å². The number of aliphatic hydroxyl groups is 1. The monoisotopic (exact) mass is 193 g/mol.